The summed E-state index contributed by atoms with van der Waals surface area (Å²) >= 11 is 11.8. The summed E-state index contributed by atoms with van der Waals surface area (Å²) in [7, 11) is -2.76. The largest absolute Gasteiger partial charge is 0.468 e. The van der Waals surface area contributed by atoms with E-state index in [1.165, 1.54) is 49.4 Å². The van der Waals surface area contributed by atoms with Crippen molar-refractivity contribution >= 4 is 50.8 Å². The van der Waals surface area contributed by atoms with E-state index >= 15 is 0 Å². The first-order valence-electron chi connectivity index (χ1n) is 7.60. The van der Waals surface area contributed by atoms with Gasteiger partial charge < -0.3 is 10.1 Å². The second-order valence-electron chi connectivity index (χ2n) is 5.47. The van der Waals surface area contributed by atoms with Crippen LogP contribution in [0.15, 0.2) is 47.4 Å². The fraction of sp³-hybridized carbons (Fsp3) is 0.176. The number of benzene rings is 2. The Labute approximate surface area is 166 Å². The van der Waals surface area contributed by atoms with Crippen molar-refractivity contribution in [2.45, 2.75) is 17.9 Å². The molecule has 0 aliphatic carbocycles. The Morgan fingerprint density at radius 3 is 2.26 bits per heavy atom. The van der Waals surface area contributed by atoms with Gasteiger partial charge in [0.2, 0.25) is 10.0 Å². The molecule has 0 saturated heterocycles. The maximum atomic E-state index is 12.3. The number of hydrogen-bond donors (Lipinski definition) is 2. The first-order chi connectivity index (χ1) is 12.6. The summed E-state index contributed by atoms with van der Waals surface area (Å²) in [5.41, 5.74) is 0.595. The summed E-state index contributed by atoms with van der Waals surface area (Å²) in [6.45, 7) is 1.37. The standard InChI is InChI=1S/C17H16Cl2N2O5S/c1-10(17(23)26-2)21-27(24,25)13-6-4-12(5-7-13)20-16(22)14-8-3-11(18)9-15(14)19/h3-10,21H,1-2H3,(H,20,22)/t10-/m0/s1. The summed E-state index contributed by atoms with van der Waals surface area (Å²) in [4.78, 5) is 23.6. The predicted octanol–water partition coefficient (Wildman–Crippen LogP) is 3.09. The molecule has 0 bridgehead atoms. The van der Waals surface area contributed by atoms with Crippen molar-refractivity contribution in [3.63, 3.8) is 0 Å². The molecular formula is C17H16Cl2N2O5S. The molecule has 0 aromatic heterocycles. The molecule has 0 aliphatic rings. The lowest BCUT2D eigenvalue weighted by Gasteiger charge is -2.12. The number of carbonyl (C=O) groups excluding carboxylic acids is 2. The summed E-state index contributed by atoms with van der Waals surface area (Å²) in [5.74, 6) is -1.17. The molecule has 0 aliphatic heterocycles. The molecule has 2 rings (SSSR count). The van der Waals surface area contributed by atoms with E-state index in [9.17, 15) is 18.0 Å². The van der Waals surface area contributed by atoms with Gasteiger partial charge in [-0.15, -0.1) is 0 Å². The van der Waals surface area contributed by atoms with Crippen LogP contribution >= 0.6 is 23.2 Å². The topological polar surface area (TPSA) is 102 Å². The van der Waals surface area contributed by atoms with Crippen molar-refractivity contribution in [3.8, 4) is 0 Å². The molecule has 7 nitrogen and oxygen atoms in total. The molecule has 0 radical (unpaired) electrons. The average molecular weight is 431 g/mol. The Kier molecular flexibility index (Phi) is 6.83. The third kappa shape index (κ3) is 5.43. The van der Waals surface area contributed by atoms with Crippen LogP contribution in [-0.2, 0) is 19.6 Å². The minimum Gasteiger partial charge on any atom is -0.468 e. The Hall–Kier alpha value is -2.13. The highest BCUT2D eigenvalue weighted by atomic mass is 35.5. The summed E-state index contributed by atoms with van der Waals surface area (Å²) in [5, 5.41) is 3.21. The quantitative estimate of drug-likeness (QED) is 0.685. The zero-order chi connectivity index (χ0) is 20.2. The number of sulfonamides is 1. The number of methoxy groups -OCH3 is 1. The van der Waals surface area contributed by atoms with Crippen LogP contribution in [0.1, 0.15) is 17.3 Å². The van der Waals surface area contributed by atoms with Gasteiger partial charge in [-0.1, -0.05) is 23.2 Å². The van der Waals surface area contributed by atoms with E-state index in [1.807, 2.05) is 0 Å². The highest BCUT2D eigenvalue weighted by Crippen LogP contribution is 2.22. The molecule has 27 heavy (non-hydrogen) atoms. The number of nitrogens with one attached hydrogen (secondary N) is 2. The van der Waals surface area contributed by atoms with Crippen molar-refractivity contribution in [2.75, 3.05) is 12.4 Å². The lowest BCUT2D eigenvalue weighted by Crippen LogP contribution is -2.39. The molecule has 0 saturated carbocycles. The molecule has 144 valence electrons. The van der Waals surface area contributed by atoms with Gasteiger partial charge in [-0.25, -0.2) is 8.42 Å². The van der Waals surface area contributed by atoms with Crippen molar-refractivity contribution in [1.29, 1.82) is 0 Å². The number of esters is 1. The molecule has 1 amide bonds. The van der Waals surface area contributed by atoms with Gasteiger partial charge >= 0.3 is 5.97 Å². The zero-order valence-corrected chi connectivity index (χ0v) is 16.7. The van der Waals surface area contributed by atoms with Crippen LogP contribution in [0.4, 0.5) is 5.69 Å². The smallest absolute Gasteiger partial charge is 0.323 e. The predicted molar refractivity (Wildman–Crippen MR) is 103 cm³/mol. The number of amides is 1. The molecule has 1 atom stereocenters. The van der Waals surface area contributed by atoms with Gasteiger partial charge in [-0.3, -0.25) is 9.59 Å². The Bertz CT molecular complexity index is 962. The Balaban J connectivity index is 2.12. The minimum atomic E-state index is -3.92. The number of rotatable bonds is 6. The van der Waals surface area contributed by atoms with Gasteiger partial charge in [0.1, 0.15) is 6.04 Å². The molecule has 0 unspecified atom stereocenters. The Morgan fingerprint density at radius 1 is 1.07 bits per heavy atom. The van der Waals surface area contributed by atoms with Crippen LogP contribution < -0.4 is 10.0 Å². The monoisotopic (exact) mass is 430 g/mol. The van der Waals surface area contributed by atoms with Crippen LogP contribution in [0, 0.1) is 0 Å². The van der Waals surface area contributed by atoms with Gasteiger partial charge in [0.05, 0.1) is 22.6 Å². The highest BCUT2D eigenvalue weighted by Gasteiger charge is 2.22. The van der Waals surface area contributed by atoms with Crippen LogP contribution in [0.5, 0.6) is 0 Å². The molecule has 0 fully saturated rings. The molecule has 2 aromatic rings. The molecule has 0 heterocycles. The fourth-order valence-corrected chi connectivity index (χ4v) is 3.80. The van der Waals surface area contributed by atoms with Gasteiger partial charge in [0, 0.05) is 10.7 Å². The van der Waals surface area contributed by atoms with Crippen LogP contribution in [-0.4, -0.2) is 33.4 Å². The normalized spacial score (nSPS) is 12.3. The molecule has 10 heteroatoms. The fourth-order valence-electron chi connectivity index (χ4n) is 2.12. The van der Waals surface area contributed by atoms with Gasteiger partial charge in [0.15, 0.2) is 0 Å². The van der Waals surface area contributed by atoms with E-state index in [1.54, 1.807) is 0 Å². The maximum absolute atomic E-state index is 12.3. The minimum absolute atomic E-state index is 0.0687. The van der Waals surface area contributed by atoms with Crippen LogP contribution in [0.2, 0.25) is 10.0 Å². The second kappa shape index (κ2) is 8.71. The highest BCUT2D eigenvalue weighted by molar-refractivity contribution is 7.89. The Morgan fingerprint density at radius 2 is 1.70 bits per heavy atom. The summed E-state index contributed by atoms with van der Waals surface area (Å²) in [6, 6.07) is 8.85. The molecular weight excluding hydrogens is 415 g/mol. The van der Waals surface area contributed by atoms with E-state index in [0.717, 1.165) is 7.11 Å². The lowest BCUT2D eigenvalue weighted by molar-refractivity contribution is -0.142. The maximum Gasteiger partial charge on any atom is 0.323 e. The number of ether oxygens (including phenoxy) is 1. The van der Waals surface area contributed by atoms with Gasteiger partial charge in [-0.05, 0) is 49.4 Å². The second-order valence-corrected chi connectivity index (χ2v) is 8.03. The van der Waals surface area contributed by atoms with Crippen LogP contribution in [0.3, 0.4) is 0 Å². The van der Waals surface area contributed by atoms with Crippen molar-refractivity contribution < 1.29 is 22.7 Å². The van der Waals surface area contributed by atoms with Gasteiger partial charge in [-0.2, -0.15) is 4.72 Å². The van der Waals surface area contributed by atoms with E-state index in [0.29, 0.717) is 10.7 Å². The number of halogens is 2. The van der Waals surface area contributed by atoms with E-state index in [2.05, 4.69) is 14.8 Å². The molecule has 2 N–H and O–H groups in total. The van der Waals surface area contributed by atoms with Gasteiger partial charge in [0.25, 0.3) is 5.91 Å². The third-order valence-electron chi connectivity index (χ3n) is 3.48. The average Bonchev–Trinajstić information content (AvgIpc) is 2.60. The van der Waals surface area contributed by atoms with Crippen molar-refractivity contribution in [1.82, 2.24) is 4.72 Å². The van der Waals surface area contributed by atoms with Crippen molar-refractivity contribution in [2.24, 2.45) is 0 Å². The van der Waals surface area contributed by atoms with E-state index in [4.69, 9.17) is 23.2 Å². The zero-order valence-electron chi connectivity index (χ0n) is 14.3. The number of anilines is 1. The first-order valence-corrected chi connectivity index (χ1v) is 9.84. The van der Waals surface area contributed by atoms with Crippen LogP contribution in [0.25, 0.3) is 0 Å². The number of hydrogen-bond acceptors (Lipinski definition) is 5. The number of carbonyl (C=O) groups is 2. The summed E-state index contributed by atoms with van der Waals surface area (Å²) in [6.07, 6.45) is 0. The summed E-state index contributed by atoms with van der Waals surface area (Å²) < 4.78 is 31.2. The van der Waals surface area contributed by atoms with E-state index in [-0.39, 0.29) is 15.5 Å². The van der Waals surface area contributed by atoms with Crippen molar-refractivity contribution in [3.05, 3.63) is 58.1 Å². The third-order valence-corrected chi connectivity index (χ3v) is 5.59. The SMILES string of the molecule is COC(=O)[C@H](C)NS(=O)(=O)c1ccc(NC(=O)c2ccc(Cl)cc2Cl)cc1. The lowest BCUT2D eigenvalue weighted by atomic mass is 10.2. The molecule has 2 aromatic carbocycles. The van der Waals surface area contributed by atoms with E-state index < -0.39 is 27.9 Å². The first kappa shape index (κ1) is 21.2. The molecule has 0 spiro atoms.